The number of hydrogen-bond donors (Lipinski definition) is 2. The Balaban J connectivity index is 2.15. The maximum atomic E-state index is 5.67. The third-order valence-electron chi connectivity index (χ3n) is 2.72. The molecule has 1 aromatic carbocycles. The quantitative estimate of drug-likeness (QED) is 0.878. The highest BCUT2D eigenvalue weighted by atomic mass is 79.9. The first-order valence-electron chi connectivity index (χ1n) is 6.25. The molecule has 1 atom stereocenters. The van der Waals surface area contributed by atoms with Crippen LogP contribution in [0.4, 0.5) is 5.95 Å². The van der Waals surface area contributed by atoms with E-state index in [1.54, 1.807) is 19.5 Å². The number of benzene rings is 1. The van der Waals surface area contributed by atoms with E-state index in [9.17, 15) is 0 Å². The van der Waals surface area contributed by atoms with E-state index in [1.165, 1.54) is 0 Å². The zero-order valence-corrected chi connectivity index (χ0v) is 13.0. The van der Waals surface area contributed by atoms with E-state index in [2.05, 4.69) is 31.2 Å². The first-order chi connectivity index (χ1) is 9.60. The number of hydrogen-bond acceptors (Lipinski definition) is 5. The summed E-state index contributed by atoms with van der Waals surface area (Å²) in [5.41, 5.74) is 7.64. The highest BCUT2D eigenvalue weighted by Crippen LogP contribution is 2.30. The predicted octanol–water partition coefficient (Wildman–Crippen LogP) is 2.67. The highest BCUT2D eigenvalue weighted by Gasteiger charge is 2.05. The Morgan fingerprint density at radius 1 is 1.30 bits per heavy atom. The monoisotopic (exact) mass is 336 g/mol. The molecule has 5 nitrogen and oxygen atoms in total. The number of methoxy groups -OCH3 is 1. The Bertz CT molecular complexity index is 572. The molecule has 1 unspecified atom stereocenters. The average Bonchev–Trinajstić information content (AvgIpc) is 2.45. The first kappa shape index (κ1) is 14.7. The van der Waals surface area contributed by atoms with Crippen LogP contribution in [0.1, 0.15) is 6.92 Å². The number of halogens is 1. The lowest BCUT2D eigenvalue weighted by molar-refractivity contribution is 0.412. The van der Waals surface area contributed by atoms with Gasteiger partial charge in [0, 0.05) is 30.5 Å². The second-order valence-electron chi connectivity index (χ2n) is 4.50. The summed E-state index contributed by atoms with van der Waals surface area (Å²) in [6, 6.07) is 5.92. The first-order valence-corrected chi connectivity index (χ1v) is 7.05. The minimum absolute atomic E-state index is 0.0656. The van der Waals surface area contributed by atoms with Gasteiger partial charge in [-0.3, -0.25) is 0 Å². The fourth-order valence-corrected chi connectivity index (χ4v) is 2.21. The van der Waals surface area contributed by atoms with Gasteiger partial charge in [0.15, 0.2) is 0 Å². The SMILES string of the molecule is COc1ccc(-c2cnc(NCC(C)N)nc2)cc1Br. The summed E-state index contributed by atoms with van der Waals surface area (Å²) < 4.78 is 6.11. The summed E-state index contributed by atoms with van der Waals surface area (Å²) in [4.78, 5) is 8.55. The van der Waals surface area contributed by atoms with E-state index in [-0.39, 0.29) is 6.04 Å². The average molecular weight is 337 g/mol. The molecular formula is C14H17BrN4O. The Morgan fingerprint density at radius 3 is 2.55 bits per heavy atom. The molecule has 106 valence electrons. The van der Waals surface area contributed by atoms with Crippen molar-refractivity contribution in [1.82, 2.24) is 9.97 Å². The van der Waals surface area contributed by atoms with E-state index in [1.807, 2.05) is 25.1 Å². The summed E-state index contributed by atoms with van der Waals surface area (Å²) in [7, 11) is 1.64. The van der Waals surface area contributed by atoms with E-state index in [0.29, 0.717) is 12.5 Å². The molecule has 0 bridgehead atoms. The summed E-state index contributed by atoms with van der Waals surface area (Å²) in [5, 5.41) is 3.08. The van der Waals surface area contributed by atoms with Crippen molar-refractivity contribution in [3.8, 4) is 16.9 Å². The van der Waals surface area contributed by atoms with Crippen molar-refractivity contribution in [3.63, 3.8) is 0 Å². The van der Waals surface area contributed by atoms with Crippen LogP contribution in [0.25, 0.3) is 11.1 Å². The third kappa shape index (κ3) is 3.68. The van der Waals surface area contributed by atoms with Gasteiger partial charge in [-0.1, -0.05) is 6.07 Å². The number of nitrogens with zero attached hydrogens (tertiary/aromatic N) is 2. The van der Waals surface area contributed by atoms with Crippen molar-refractivity contribution < 1.29 is 4.74 Å². The smallest absolute Gasteiger partial charge is 0.222 e. The van der Waals surface area contributed by atoms with Gasteiger partial charge in [-0.15, -0.1) is 0 Å². The molecule has 0 aliphatic carbocycles. The zero-order chi connectivity index (χ0) is 14.5. The maximum absolute atomic E-state index is 5.67. The van der Waals surface area contributed by atoms with E-state index >= 15 is 0 Å². The van der Waals surface area contributed by atoms with Crippen LogP contribution in [0.5, 0.6) is 5.75 Å². The van der Waals surface area contributed by atoms with Crippen LogP contribution in [0.2, 0.25) is 0 Å². The van der Waals surface area contributed by atoms with Gasteiger partial charge in [-0.05, 0) is 40.5 Å². The highest BCUT2D eigenvalue weighted by molar-refractivity contribution is 9.10. The van der Waals surface area contributed by atoms with Gasteiger partial charge in [0.25, 0.3) is 0 Å². The number of aromatic nitrogens is 2. The number of rotatable bonds is 5. The van der Waals surface area contributed by atoms with Gasteiger partial charge in [-0.2, -0.15) is 0 Å². The lowest BCUT2D eigenvalue weighted by Gasteiger charge is -2.09. The minimum atomic E-state index is 0.0656. The van der Waals surface area contributed by atoms with Gasteiger partial charge in [0.2, 0.25) is 5.95 Å². The fraction of sp³-hybridized carbons (Fsp3) is 0.286. The molecule has 0 aliphatic rings. The molecule has 0 saturated heterocycles. The van der Waals surface area contributed by atoms with Gasteiger partial charge in [0.1, 0.15) is 5.75 Å². The normalized spacial score (nSPS) is 12.0. The number of anilines is 1. The molecule has 2 aromatic rings. The topological polar surface area (TPSA) is 73.1 Å². The molecule has 2 rings (SSSR count). The minimum Gasteiger partial charge on any atom is -0.496 e. The number of ether oxygens (including phenoxy) is 1. The van der Waals surface area contributed by atoms with Crippen LogP contribution in [0.15, 0.2) is 35.1 Å². The molecule has 0 fully saturated rings. The predicted molar refractivity (Wildman–Crippen MR) is 83.9 cm³/mol. The molecule has 1 heterocycles. The van der Waals surface area contributed by atoms with Crippen LogP contribution >= 0.6 is 15.9 Å². The molecule has 20 heavy (non-hydrogen) atoms. The molecule has 0 radical (unpaired) electrons. The lowest BCUT2D eigenvalue weighted by atomic mass is 10.1. The molecular weight excluding hydrogens is 320 g/mol. The summed E-state index contributed by atoms with van der Waals surface area (Å²) in [6.45, 7) is 2.57. The van der Waals surface area contributed by atoms with Crippen LogP contribution in [0.3, 0.4) is 0 Å². The fourth-order valence-electron chi connectivity index (χ4n) is 1.67. The zero-order valence-electron chi connectivity index (χ0n) is 11.4. The van der Waals surface area contributed by atoms with Crippen molar-refractivity contribution in [2.75, 3.05) is 19.0 Å². The second kappa shape index (κ2) is 6.67. The van der Waals surface area contributed by atoms with Crippen molar-refractivity contribution >= 4 is 21.9 Å². The Kier molecular flexibility index (Phi) is 4.92. The lowest BCUT2D eigenvalue weighted by Crippen LogP contribution is -2.25. The summed E-state index contributed by atoms with van der Waals surface area (Å²) >= 11 is 3.47. The van der Waals surface area contributed by atoms with Crippen molar-refractivity contribution in [2.45, 2.75) is 13.0 Å². The maximum Gasteiger partial charge on any atom is 0.222 e. The molecule has 3 N–H and O–H groups in total. The Morgan fingerprint density at radius 2 is 2.00 bits per heavy atom. The van der Waals surface area contributed by atoms with Crippen molar-refractivity contribution in [1.29, 1.82) is 0 Å². The summed E-state index contributed by atoms with van der Waals surface area (Å²) in [5.74, 6) is 1.38. The number of nitrogens with one attached hydrogen (secondary N) is 1. The van der Waals surface area contributed by atoms with Crippen LogP contribution in [0, 0.1) is 0 Å². The largest absolute Gasteiger partial charge is 0.496 e. The van der Waals surface area contributed by atoms with Crippen LogP contribution in [-0.4, -0.2) is 29.7 Å². The molecule has 0 spiro atoms. The van der Waals surface area contributed by atoms with Crippen LogP contribution < -0.4 is 15.8 Å². The van der Waals surface area contributed by atoms with E-state index in [0.717, 1.165) is 21.3 Å². The van der Waals surface area contributed by atoms with Crippen molar-refractivity contribution in [2.24, 2.45) is 5.73 Å². The number of nitrogens with two attached hydrogens (primary N) is 1. The third-order valence-corrected chi connectivity index (χ3v) is 3.34. The Labute approximate surface area is 126 Å². The van der Waals surface area contributed by atoms with E-state index < -0.39 is 0 Å². The van der Waals surface area contributed by atoms with Gasteiger partial charge in [-0.25, -0.2) is 9.97 Å². The van der Waals surface area contributed by atoms with Crippen LogP contribution in [-0.2, 0) is 0 Å². The van der Waals surface area contributed by atoms with Crippen molar-refractivity contribution in [3.05, 3.63) is 35.1 Å². The molecule has 0 aliphatic heterocycles. The second-order valence-corrected chi connectivity index (χ2v) is 5.36. The standard InChI is InChI=1S/C14H17BrN4O/c1-9(16)6-17-14-18-7-11(8-19-14)10-3-4-13(20-2)12(15)5-10/h3-5,7-9H,6,16H2,1-2H3,(H,17,18,19). The van der Waals surface area contributed by atoms with Gasteiger partial charge >= 0.3 is 0 Å². The molecule has 0 amide bonds. The molecule has 0 saturated carbocycles. The van der Waals surface area contributed by atoms with Gasteiger partial charge in [0.05, 0.1) is 11.6 Å². The Hall–Kier alpha value is -1.66. The molecule has 6 heteroatoms. The summed E-state index contributed by atoms with van der Waals surface area (Å²) in [6.07, 6.45) is 3.57. The van der Waals surface area contributed by atoms with Gasteiger partial charge < -0.3 is 15.8 Å². The van der Waals surface area contributed by atoms with E-state index in [4.69, 9.17) is 10.5 Å². The molecule has 1 aromatic heterocycles.